The van der Waals surface area contributed by atoms with E-state index in [0.29, 0.717) is 31.7 Å². The van der Waals surface area contributed by atoms with Gasteiger partial charge in [-0.25, -0.2) is 4.79 Å². The molecule has 7 nitrogen and oxygen atoms in total. The second-order valence-corrected chi connectivity index (χ2v) is 7.18. The van der Waals surface area contributed by atoms with Crippen molar-refractivity contribution >= 4 is 33.8 Å². The molecule has 1 heterocycles. The van der Waals surface area contributed by atoms with Crippen molar-refractivity contribution in [1.29, 1.82) is 0 Å². The summed E-state index contributed by atoms with van der Waals surface area (Å²) in [6, 6.07) is 6.92. The maximum atomic E-state index is 12.5. The molecule has 2 aliphatic rings. The Kier molecular flexibility index (Phi) is 5.27. The summed E-state index contributed by atoms with van der Waals surface area (Å²) in [4.78, 5) is 37.5. The molecule has 1 saturated carbocycles. The van der Waals surface area contributed by atoms with Gasteiger partial charge in [-0.1, -0.05) is 34.8 Å². The van der Waals surface area contributed by atoms with Gasteiger partial charge in [0, 0.05) is 4.47 Å². The van der Waals surface area contributed by atoms with Crippen LogP contribution in [0.2, 0.25) is 0 Å². The zero-order valence-corrected chi connectivity index (χ0v) is 15.3. The molecule has 0 atom stereocenters. The average Bonchev–Trinajstić information content (AvgIpc) is 3.13. The van der Waals surface area contributed by atoms with Crippen LogP contribution in [0, 0.1) is 0 Å². The van der Waals surface area contributed by atoms with Crippen molar-refractivity contribution in [2.24, 2.45) is 0 Å². The fourth-order valence-corrected chi connectivity index (χ4v) is 3.63. The first-order valence-electron chi connectivity index (χ1n) is 8.29. The molecule has 25 heavy (non-hydrogen) atoms. The standard InChI is InChI=1S/C17H20BrN3O4/c18-12-4-3-5-13(10-12)25-9-8-19-14(22)11-21-15(23)17(20-16(21)24)6-1-2-7-17/h3-5,10H,1-2,6-9,11H2,(H,19,22)(H,20,24). The lowest BCUT2D eigenvalue weighted by Gasteiger charge is -2.19. The number of benzene rings is 1. The first kappa shape index (κ1) is 17.7. The molecule has 1 aliphatic carbocycles. The second kappa shape index (κ2) is 7.43. The second-order valence-electron chi connectivity index (χ2n) is 6.27. The van der Waals surface area contributed by atoms with Crippen LogP contribution >= 0.6 is 15.9 Å². The number of nitrogens with one attached hydrogen (secondary N) is 2. The number of halogens is 1. The molecule has 1 aliphatic heterocycles. The van der Waals surface area contributed by atoms with Crippen LogP contribution in [0.5, 0.6) is 5.75 Å². The van der Waals surface area contributed by atoms with E-state index in [1.807, 2.05) is 24.3 Å². The molecule has 1 saturated heterocycles. The number of ether oxygens (including phenoxy) is 1. The minimum Gasteiger partial charge on any atom is -0.492 e. The highest BCUT2D eigenvalue weighted by atomic mass is 79.9. The van der Waals surface area contributed by atoms with E-state index in [4.69, 9.17) is 4.74 Å². The van der Waals surface area contributed by atoms with Gasteiger partial charge in [-0.15, -0.1) is 0 Å². The van der Waals surface area contributed by atoms with Crippen molar-refractivity contribution < 1.29 is 19.1 Å². The lowest BCUT2D eigenvalue weighted by Crippen LogP contribution is -2.45. The molecule has 3 rings (SSSR count). The van der Waals surface area contributed by atoms with Crippen LogP contribution in [-0.2, 0) is 9.59 Å². The SMILES string of the molecule is O=C(CN1C(=O)NC2(CCCC2)C1=O)NCCOc1cccc(Br)c1. The van der Waals surface area contributed by atoms with E-state index in [1.165, 1.54) is 0 Å². The van der Waals surface area contributed by atoms with Crippen LogP contribution in [0.15, 0.2) is 28.7 Å². The minimum absolute atomic E-state index is 0.261. The van der Waals surface area contributed by atoms with E-state index < -0.39 is 11.6 Å². The van der Waals surface area contributed by atoms with Crippen LogP contribution in [-0.4, -0.2) is 48.0 Å². The summed E-state index contributed by atoms with van der Waals surface area (Å²) in [6.07, 6.45) is 3.13. The number of amides is 4. The highest BCUT2D eigenvalue weighted by Gasteiger charge is 2.52. The minimum atomic E-state index is -0.777. The summed E-state index contributed by atoms with van der Waals surface area (Å²) in [6.45, 7) is 0.329. The fraction of sp³-hybridized carbons (Fsp3) is 0.471. The molecule has 4 amide bonds. The number of urea groups is 1. The van der Waals surface area contributed by atoms with E-state index in [9.17, 15) is 14.4 Å². The first-order chi connectivity index (χ1) is 12.0. The van der Waals surface area contributed by atoms with E-state index in [0.717, 1.165) is 22.2 Å². The molecule has 0 bridgehead atoms. The number of hydrogen-bond donors (Lipinski definition) is 2. The Morgan fingerprint density at radius 3 is 2.80 bits per heavy atom. The molecule has 2 N–H and O–H groups in total. The largest absolute Gasteiger partial charge is 0.492 e. The Morgan fingerprint density at radius 1 is 1.32 bits per heavy atom. The van der Waals surface area contributed by atoms with E-state index >= 15 is 0 Å². The third-order valence-electron chi connectivity index (χ3n) is 4.49. The first-order valence-corrected chi connectivity index (χ1v) is 9.09. The lowest BCUT2D eigenvalue weighted by atomic mass is 9.98. The van der Waals surface area contributed by atoms with Crippen molar-refractivity contribution in [2.75, 3.05) is 19.7 Å². The van der Waals surface area contributed by atoms with Crippen LogP contribution in [0.25, 0.3) is 0 Å². The van der Waals surface area contributed by atoms with Gasteiger partial charge in [-0.05, 0) is 31.0 Å². The van der Waals surface area contributed by atoms with Gasteiger partial charge >= 0.3 is 6.03 Å². The highest BCUT2D eigenvalue weighted by molar-refractivity contribution is 9.10. The van der Waals surface area contributed by atoms with Gasteiger partial charge in [0.25, 0.3) is 5.91 Å². The summed E-state index contributed by atoms with van der Waals surface area (Å²) >= 11 is 3.35. The molecule has 8 heteroatoms. The Labute approximate surface area is 154 Å². The quantitative estimate of drug-likeness (QED) is 0.553. The Bertz CT molecular complexity index is 688. The Morgan fingerprint density at radius 2 is 2.08 bits per heavy atom. The van der Waals surface area contributed by atoms with Crippen LogP contribution in [0.4, 0.5) is 4.79 Å². The molecular formula is C17H20BrN3O4. The zero-order valence-electron chi connectivity index (χ0n) is 13.7. The number of carbonyl (C=O) groups excluding carboxylic acids is 3. The molecule has 1 aromatic carbocycles. The number of imide groups is 1. The summed E-state index contributed by atoms with van der Waals surface area (Å²) in [7, 11) is 0. The van der Waals surface area contributed by atoms with Gasteiger partial charge < -0.3 is 15.4 Å². The summed E-state index contributed by atoms with van der Waals surface area (Å²) < 4.78 is 6.43. The van der Waals surface area contributed by atoms with Gasteiger partial charge in [0.15, 0.2) is 0 Å². The van der Waals surface area contributed by atoms with Crippen LogP contribution in [0.3, 0.4) is 0 Å². The van der Waals surface area contributed by atoms with Crippen molar-refractivity contribution in [1.82, 2.24) is 15.5 Å². The van der Waals surface area contributed by atoms with Crippen LogP contribution in [0.1, 0.15) is 25.7 Å². The molecule has 2 fully saturated rings. The lowest BCUT2D eigenvalue weighted by molar-refractivity contribution is -0.134. The summed E-state index contributed by atoms with van der Waals surface area (Å²) in [5.41, 5.74) is -0.777. The maximum Gasteiger partial charge on any atom is 0.325 e. The molecule has 0 radical (unpaired) electrons. The normalized spacial score (nSPS) is 18.5. The van der Waals surface area contributed by atoms with Gasteiger partial charge in [0.1, 0.15) is 24.4 Å². The number of rotatable bonds is 6. The van der Waals surface area contributed by atoms with Crippen molar-refractivity contribution in [3.8, 4) is 5.75 Å². The monoisotopic (exact) mass is 409 g/mol. The topological polar surface area (TPSA) is 87.7 Å². The van der Waals surface area contributed by atoms with Gasteiger partial charge in [-0.2, -0.15) is 0 Å². The summed E-state index contributed by atoms with van der Waals surface area (Å²) in [5, 5.41) is 5.42. The summed E-state index contributed by atoms with van der Waals surface area (Å²) in [5.74, 6) is 0.0350. The Balaban J connectivity index is 1.43. The predicted molar refractivity (Wildman–Crippen MR) is 94.1 cm³/mol. The predicted octanol–water partition coefficient (Wildman–Crippen LogP) is 1.81. The van der Waals surface area contributed by atoms with E-state index in [1.54, 1.807) is 0 Å². The highest BCUT2D eigenvalue weighted by Crippen LogP contribution is 2.34. The Hall–Kier alpha value is -2.09. The number of hydrogen-bond acceptors (Lipinski definition) is 4. The maximum absolute atomic E-state index is 12.5. The van der Waals surface area contributed by atoms with E-state index in [2.05, 4.69) is 26.6 Å². The van der Waals surface area contributed by atoms with Gasteiger partial charge in [-0.3, -0.25) is 14.5 Å². The molecule has 1 spiro atoms. The van der Waals surface area contributed by atoms with Crippen LogP contribution < -0.4 is 15.4 Å². The average molecular weight is 410 g/mol. The fourth-order valence-electron chi connectivity index (χ4n) is 3.25. The number of nitrogens with zero attached hydrogens (tertiary/aromatic N) is 1. The third kappa shape index (κ3) is 3.95. The smallest absolute Gasteiger partial charge is 0.325 e. The third-order valence-corrected chi connectivity index (χ3v) is 4.99. The molecule has 0 aromatic heterocycles. The zero-order chi connectivity index (χ0) is 17.9. The van der Waals surface area contributed by atoms with Crippen molar-refractivity contribution in [2.45, 2.75) is 31.2 Å². The van der Waals surface area contributed by atoms with Crippen molar-refractivity contribution in [3.05, 3.63) is 28.7 Å². The van der Waals surface area contributed by atoms with E-state index in [-0.39, 0.29) is 18.4 Å². The molecule has 134 valence electrons. The molecule has 1 aromatic rings. The molecule has 0 unspecified atom stereocenters. The molecular weight excluding hydrogens is 390 g/mol. The number of carbonyl (C=O) groups is 3. The van der Waals surface area contributed by atoms with Crippen molar-refractivity contribution in [3.63, 3.8) is 0 Å². The van der Waals surface area contributed by atoms with Gasteiger partial charge in [0.2, 0.25) is 5.91 Å². The van der Waals surface area contributed by atoms with Gasteiger partial charge in [0.05, 0.1) is 6.54 Å².